The number of nitrogens with one attached hydrogen (secondary N) is 1. The first-order valence-electron chi connectivity index (χ1n) is 13.9. The first-order valence-corrected chi connectivity index (χ1v) is 13.9. The summed E-state index contributed by atoms with van der Waals surface area (Å²) < 4.78 is 35.4. The molecule has 3 heterocycles. The minimum atomic E-state index is -0.644. The minimum Gasteiger partial charge on any atom is -0.503 e. The van der Waals surface area contributed by atoms with E-state index in [9.17, 15) is 5.11 Å². The van der Waals surface area contributed by atoms with Gasteiger partial charge in [0.05, 0.1) is 12.8 Å². The van der Waals surface area contributed by atoms with E-state index in [4.69, 9.17) is 9.72 Å². The van der Waals surface area contributed by atoms with Crippen molar-refractivity contribution in [2.45, 2.75) is 51.6 Å². The monoisotopic (exact) mass is 555 g/mol. The maximum absolute atomic E-state index is 15.1. The number of fused-ring (bicyclic) bond motifs is 1. The van der Waals surface area contributed by atoms with E-state index >= 15 is 8.78 Å². The summed E-state index contributed by atoms with van der Waals surface area (Å²) in [6.45, 7) is 4.16. The van der Waals surface area contributed by atoms with E-state index in [1.165, 1.54) is 18.3 Å². The number of hydrogen-bond acceptors (Lipinski definition) is 7. The van der Waals surface area contributed by atoms with Gasteiger partial charge in [-0.2, -0.15) is 0 Å². The summed E-state index contributed by atoms with van der Waals surface area (Å²) >= 11 is 0. The van der Waals surface area contributed by atoms with Crippen LogP contribution in [0.25, 0.3) is 5.57 Å². The predicted molar refractivity (Wildman–Crippen MR) is 155 cm³/mol. The summed E-state index contributed by atoms with van der Waals surface area (Å²) in [6.07, 6.45) is 9.91. The molecule has 1 fully saturated rings. The molecule has 2 N–H and O–H groups in total. The fraction of sp³-hybridized carbons (Fsp3) is 0.281. The van der Waals surface area contributed by atoms with Gasteiger partial charge in [0.15, 0.2) is 17.4 Å². The molecule has 0 radical (unpaired) electrons. The molecule has 1 saturated carbocycles. The first kappa shape index (κ1) is 26.7. The second-order valence-corrected chi connectivity index (χ2v) is 10.3. The molecule has 41 heavy (non-hydrogen) atoms. The number of halogens is 2. The lowest BCUT2D eigenvalue weighted by molar-refractivity contribution is 0.335. The van der Waals surface area contributed by atoms with Crippen LogP contribution in [0.5, 0.6) is 11.5 Å². The molecular weight excluding hydrogens is 524 g/mol. The number of hydrogen-bond donors (Lipinski definition) is 2. The molecule has 0 bridgehead atoms. The maximum Gasteiger partial charge on any atom is 0.177 e. The fourth-order valence-electron chi connectivity index (χ4n) is 5.35. The third-order valence-electron chi connectivity index (χ3n) is 7.57. The molecule has 6 rings (SSSR count). The number of benzene rings is 2. The van der Waals surface area contributed by atoms with Gasteiger partial charge in [-0.1, -0.05) is 31.2 Å². The molecule has 0 amide bonds. The Morgan fingerprint density at radius 2 is 1.85 bits per heavy atom. The Morgan fingerprint density at radius 3 is 2.59 bits per heavy atom. The largest absolute Gasteiger partial charge is 0.503 e. The Bertz CT molecular complexity index is 1600. The van der Waals surface area contributed by atoms with E-state index in [-0.39, 0.29) is 29.6 Å². The molecule has 2 aromatic carbocycles. The topological polar surface area (TPSA) is 83.4 Å². The molecule has 9 heteroatoms. The molecule has 0 spiro atoms. The maximum atomic E-state index is 15.1. The van der Waals surface area contributed by atoms with Crippen LogP contribution in [0.1, 0.15) is 61.5 Å². The van der Waals surface area contributed by atoms with Gasteiger partial charge in [0.25, 0.3) is 0 Å². The first-order chi connectivity index (χ1) is 20.0. The van der Waals surface area contributed by atoms with Gasteiger partial charge in [-0.05, 0) is 49.8 Å². The normalized spacial score (nSPS) is 16.2. The summed E-state index contributed by atoms with van der Waals surface area (Å²) in [5, 5.41) is 13.9. The van der Waals surface area contributed by atoms with Crippen molar-refractivity contribution in [1.82, 2.24) is 15.0 Å². The molecule has 1 aliphatic heterocycles. The average molecular weight is 556 g/mol. The zero-order chi connectivity index (χ0) is 28.5. The highest BCUT2D eigenvalue weighted by atomic mass is 19.1. The van der Waals surface area contributed by atoms with Crippen LogP contribution in [0.2, 0.25) is 0 Å². The second kappa shape index (κ2) is 11.2. The highest BCUT2D eigenvalue weighted by molar-refractivity contribution is 5.88. The van der Waals surface area contributed by atoms with Crippen molar-refractivity contribution in [3.05, 3.63) is 101 Å². The van der Waals surface area contributed by atoms with Crippen molar-refractivity contribution in [3.63, 3.8) is 0 Å². The van der Waals surface area contributed by atoms with Crippen molar-refractivity contribution in [1.29, 1.82) is 0 Å². The lowest BCUT2D eigenvalue weighted by Crippen LogP contribution is -2.37. The van der Waals surface area contributed by atoms with Crippen LogP contribution in [0.4, 0.5) is 26.0 Å². The van der Waals surface area contributed by atoms with Crippen molar-refractivity contribution < 1.29 is 18.6 Å². The van der Waals surface area contributed by atoms with E-state index < -0.39 is 11.6 Å². The molecule has 2 aliphatic rings. The number of pyridine rings is 1. The van der Waals surface area contributed by atoms with Crippen molar-refractivity contribution >= 4 is 22.8 Å². The Morgan fingerprint density at radius 1 is 1.07 bits per heavy atom. The standard InChI is InChI=1S/C32H31F2N5O2/c1-3-20-13-23(31-36-17-30(40)32(38-31)37-28-11-12-35-16-24(28)19-9-10-19)22-7-5-6-8-29(22)39(20)18-25-26(33)14-21(41-4-2)15-27(25)34/h5-8,11-17,19-20,40H,3-4,9-10,18H2,1-2H3,(H,35,36,37,38). The van der Waals surface area contributed by atoms with Gasteiger partial charge < -0.3 is 20.1 Å². The number of aromatic hydroxyl groups is 1. The number of para-hydroxylation sites is 1. The Labute approximate surface area is 237 Å². The van der Waals surface area contributed by atoms with E-state index in [1.807, 2.05) is 54.4 Å². The van der Waals surface area contributed by atoms with Crippen LogP contribution in [0.3, 0.4) is 0 Å². The third-order valence-corrected chi connectivity index (χ3v) is 7.57. The van der Waals surface area contributed by atoms with Gasteiger partial charge in [-0.25, -0.2) is 18.7 Å². The average Bonchev–Trinajstić information content (AvgIpc) is 3.82. The predicted octanol–water partition coefficient (Wildman–Crippen LogP) is 7.11. The fourth-order valence-corrected chi connectivity index (χ4v) is 5.35. The lowest BCUT2D eigenvalue weighted by atomic mass is 9.92. The van der Waals surface area contributed by atoms with Crippen LogP contribution >= 0.6 is 0 Å². The van der Waals surface area contributed by atoms with Crippen LogP contribution in [0, 0.1) is 11.6 Å². The zero-order valence-corrected chi connectivity index (χ0v) is 22.9. The van der Waals surface area contributed by atoms with Gasteiger partial charge in [-0.15, -0.1) is 0 Å². The molecule has 7 nitrogen and oxygen atoms in total. The Hall–Kier alpha value is -4.53. The van der Waals surface area contributed by atoms with E-state index in [1.54, 1.807) is 13.1 Å². The summed E-state index contributed by atoms with van der Waals surface area (Å²) in [4.78, 5) is 15.5. The van der Waals surface area contributed by atoms with Crippen LogP contribution in [-0.4, -0.2) is 32.7 Å². The molecular formula is C32H31F2N5O2. The third kappa shape index (κ3) is 5.31. The smallest absolute Gasteiger partial charge is 0.177 e. The van der Waals surface area contributed by atoms with Crippen molar-refractivity contribution in [2.24, 2.45) is 0 Å². The molecule has 210 valence electrons. The van der Waals surface area contributed by atoms with E-state index in [2.05, 4.69) is 15.3 Å². The molecule has 1 atom stereocenters. The Balaban J connectivity index is 1.36. The SMILES string of the molecule is CCOc1cc(F)c(CN2c3ccccc3C(c3ncc(O)c(Nc4ccncc4C4CC4)n3)=CC2CC)c(F)c1. The summed E-state index contributed by atoms with van der Waals surface area (Å²) in [5.74, 6) is 0.0249. The van der Waals surface area contributed by atoms with Crippen molar-refractivity contribution in [2.75, 3.05) is 16.8 Å². The van der Waals surface area contributed by atoms with Gasteiger partial charge >= 0.3 is 0 Å². The summed E-state index contributed by atoms with van der Waals surface area (Å²) in [5.41, 5.74) is 4.39. The van der Waals surface area contributed by atoms with E-state index in [0.717, 1.165) is 40.9 Å². The number of nitrogens with zero attached hydrogens (tertiary/aromatic N) is 4. The number of aromatic nitrogens is 3. The molecule has 4 aromatic rings. The Kier molecular flexibility index (Phi) is 7.26. The molecule has 1 aliphatic carbocycles. The van der Waals surface area contributed by atoms with Crippen molar-refractivity contribution in [3.8, 4) is 11.5 Å². The highest BCUT2D eigenvalue weighted by Gasteiger charge is 2.30. The van der Waals surface area contributed by atoms with Gasteiger partial charge in [0, 0.05) is 65.2 Å². The molecule has 1 unspecified atom stereocenters. The quantitative estimate of drug-likeness (QED) is 0.228. The lowest BCUT2D eigenvalue weighted by Gasteiger charge is -2.37. The molecule has 2 aromatic heterocycles. The second-order valence-electron chi connectivity index (χ2n) is 10.3. The number of ether oxygens (including phenoxy) is 1. The summed E-state index contributed by atoms with van der Waals surface area (Å²) in [6, 6.07) is 11.9. The van der Waals surface area contributed by atoms with E-state index in [0.29, 0.717) is 30.6 Å². The van der Waals surface area contributed by atoms with Gasteiger partial charge in [-0.3, -0.25) is 4.98 Å². The van der Waals surface area contributed by atoms with Crippen LogP contribution in [-0.2, 0) is 6.54 Å². The van der Waals surface area contributed by atoms with Gasteiger partial charge in [0.2, 0.25) is 0 Å². The minimum absolute atomic E-state index is 0.0188. The molecule has 0 saturated heterocycles. The number of anilines is 3. The van der Waals surface area contributed by atoms with Gasteiger partial charge in [0.1, 0.15) is 17.4 Å². The number of rotatable bonds is 9. The van der Waals surface area contributed by atoms with Crippen LogP contribution in [0.15, 0.2) is 67.1 Å². The zero-order valence-electron chi connectivity index (χ0n) is 22.9. The highest BCUT2D eigenvalue weighted by Crippen LogP contribution is 2.44. The van der Waals surface area contributed by atoms with Crippen LogP contribution < -0.4 is 15.0 Å². The summed E-state index contributed by atoms with van der Waals surface area (Å²) in [7, 11) is 0.